The summed E-state index contributed by atoms with van der Waals surface area (Å²) in [6.07, 6.45) is 3.88. The van der Waals surface area contributed by atoms with E-state index in [0.29, 0.717) is 31.2 Å². The minimum Gasteiger partial charge on any atom is -0.361 e. The highest BCUT2D eigenvalue weighted by Gasteiger charge is 2.28. The van der Waals surface area contributed by atoms with Crippen LogP contribution >= 0.6 is 0 Å². The Morgan fingerprint density at radius 3 is 2.70 bits per heavy atom. The molecule has 0 atom stereocenters. The normalized spacial score (nSPS) is 15.0. The zero-order valence-corrected chi connectivity index (χ0v) is 16.3. The van der Waals surface area contributed by atoms with Gasteiger partial charge in [0.2, 0.25) is 17.6 Å². The number of carbonyl (C=O) groups excluding carboxylic acids is 1. The molecule has 0 saturated carbocycles. The molecule has 7 heteroatoms. The van der Waals surface area contributed by atoms with Gasteiger partial charge in [0.1, 0.15) is 5.82 Å². The van der Waals surface area contributed by atoms with Crippen molar-refractivity contribution in [3.8, 4) is 11.4 Å². The third-order valence-corrected chi connectivity index (χ3v) is 5.76. The van der Waals surface area contributed by atoms with Gasteiger partial charge in [0.15, 0.2) is 0 Å². The Kier molecular flexibility index (Phi) is 4.78. The highest BCUT2D eigenvalue weighted by atomic mass is 19.1. The fraction of sp³-hybridized carbons (Fsp3) is 0.261. The Morgan fingerprint density at radius 1 is 1.13 bits per heavy atom. The Labute approximate surface area is 172 Å². The van der Waals surface area contributed by atoms with Crippen molar-refractivity contribution in [2.75, 3.05) is 13.1 Å². The van der Waals surface area contributed by atoms with Crippen molar-refractivity contribution in [1.29, 1.82) is 0 Å². The van der Waals surface area contributed by atoms with Crippen LogP contribution in [-0.2, 0) is 11.2 Å². The van der Waals surface area contributed by atoms with Crippen LogP contribution in [0.15, 0.2) is 59.3 Å². The van der Waals surface area contributed by atoms with Crippen LogP contribution in [0.4, 0.5) is 4.39 Å². The highest BCUT2D eigenvalue weighted by molar-refractivity contribution is 5.88. The molecule has 0 bridgehead atoms. The fourth-order valence-electron chi connectivity index (χ4n) is 4.05. The maximum absolute atomic E-state index is 13.1. The van der Waals surface area contributed by atoms with Gasteiger partial charge in [0, 0.05) is 41.7 Å². The van der Waals surface area contributed by atoms with Crippen LogP contribution in [0.2, 0.25) is 0 Å². The van der Waals surface area contributed by atoms with Crippen molar-refractivity contribution >= 4 is 16.8 Å². The molecule has 1 saturated heterocycles. The molecule has 1 aliphatic rings. The summed E-state index contributed by atoms with van der Waals surface area (Å²) < 4.78 is 18.6. The molecule has 1 N–H and O–H groups in total. The fourth-order valence-corrected chi connectivity index (χ4v) is 4.05. The summed E-state index contributed by atoms with van der Waals surface area (Å²) in [5.41, 5.74) is 2.80. The first-order chi connectivity index (χ1) is 14.7. The van der Waals surface area contributed by atoms with Crippen LogP contribution < -0.4 is 0 Å². The molecule has 2 aromatic carbocycles. The van der Waals surface area contributed by atoms with Gasteiger partial charge in [-0.15, -0.1) is 0 Å². The summed E-state index contributed by atoms with van der Waals surface area (Å²) in [6, 6.07) is 14.0. The van der Waals surface area contributed by atoms with Gasteiger partial charge in [-0.05, 0) is 48.7 Å². The quantitative estimate of drug-likeness (QED) is 0.550. The number of rotatable bonds is 4. The van der Waals surface area contributed by atoms with E-state index in [9.17, 15) is 9.18 Å². The number of aromatic nitrogens is 3. The van der Waals surface area contributed by atoms with Gasteiger partial charge in [-0.2, -0.15) is 4.98 Å². The van der Waals surface area contributed by atoms with Crippen molar-refractivity contribution in [3.05, 3.63) is 72.0 Å². The van der Waals surface area contributed by atoms with Crippen LogP contribution in [0.3, 0.4) is 0 Å². The van der Waals surface area contributed by atoms with Crippen LogP contribution in [0.1, 0.15) is 30.2 Å². The summed E-state index contributed by atoms with van der Waals surface area (Å²) in [4.78, 5) is 22.4. The Morgan fingerprint density at radius 2 is 1.90 bits per heavy atom. The van der Waals surface area contributed by atoms with Crippen molar-refractivity contribution in [3.63, 3.8) is 0 Å². The number of halogens is 1. The lowest BCUT2D eigenvalue weighted by atomic mass is 9.96. The first-order valence-electron chi connectivity index (χ1n) is 10.1. The number of hydrogen-bond acceptors (Lipinski definition) is 4. The molecule has 152 valence electrons. The predicted molar refractivity (Wildman–Crippen MR) is 110 cm³/mol. The van der Waals surface area contributed by atoms with E-state index in [1.165, 1.54) is 12.1 Å². The smallest absolute Gasteiger partial charge is 0.230 e. The number of para-hydroxylation sites is 1. The number of H-pyrrole nitrogens is 1. The zero-order chi connectivity index (χ0) is 20.5. The zero-order valence-electron chi connectivity index (χ0n) is 16.3. The molecule has 6 nitrogen and oxygen atoms in total. The van der Waals surface area contributed by atoms with Gasteiger partial charge in [0.05, 0.1) is 6.42 Å². The summed E-state index contributed by atoms with van der Waals surface area (Å²) >= 11 is 0. The van der Waals surface area contributed by atoms with Crippen LogP contribution in [-0.4, -0.2) is 39.0 Å². The molecular formula is C23H21FN4O2. The molecular weight excluding hydrogens is 383 g/mol. The van der Waals surface area contributed by atoms with Crippen molar-refractivity contribution in [2.45, 2.75) is 25.2 Å². The van der Waals surface area contributed by atoms with Crippen LogP contribution in [0, 0.1) is 5.82 Å². The van der Waals surface area contributed by atoms with Gasteiger partial charge >= 0.3 is 0 Å². The van der Waals surface area contributed by atoms with Gasteiger partial charge in [-0.25, -0.2) is 4.39 Å². The van der Waals surface area contributed by atoms with Crippen LogP contribution in [0.25, 0.3) is 22.3 Å². The monoisotopic (exact) mass is 404 g/mol. The maximum atomic E-state index is 13.1. The SMILES string of the molecule is O=C(Cc1c[nH]c2ccccc12)N1CCC(c2nc(-c3ccc(F)cc3)no2)CC1. The largest absolute Gasteiger partial charge is 0.361 e. The number of hydrogen-bond donors (Lipinski definition) is 1. The molecule has 1 aliphatic heterocycles. The number of benzene rings is 2. The van der Waals surface area contributed by atoms with E-state index < -0.39 is 0 Å². The van der Waals surface area contributed by atoms with E-state index >= 15 is 0 Å². The lowest BCUT2D eigenvalue weighted by Crippen LogP contribution is -2.38. The summed E-state index contributed by atoms with van der Waals surface area (Å²) in [5.74, 6) is 1.01. The average Bonchev–Trinajstić information content (AvgIpc) is 3.42. The summed E-state index contributed by atoms with van der Waals surface area (Å²) in [5, 5.41) is 5.13. The van der Waals surface area contributed by atoms with Crippen molar-refractivity contribution in [1.82, 2.24) is 20.0 Å². The molecule has 30 heavy (non-hydrogen) atoms. The van der Waals surface area contributed by atoms with E-state index in [1.54, 1.807) is 12.1 Å². The minimum absolute atomic E-state index is 0.129. The lowest BCUT2D eigenvalue weighted by molar-refractivity contribution is -0.131. The first-order valence-corrected chi connectivity index (χ1v) is 10.1. The third kappa shape index (κ3) is 3.58. The second kappa shape index (κ2) is 7.74. The molecule has 5 rings (SSSR count). The molecule has 4 aromatic rings. The van der Waals surface area contributed by atoms with Gasteiger partial charge in [0.25, 0.3) is 0 Å². The Hall–Kier alpha value is -3.48. The average molecular weight is 404 g/mol. The first kappa shape index (κ1) is 18.5. The van der Waals surface area contributed by atoms with Crippen molar-refractivity contribution < 1.29 is 13.7 Å². The molecule has 0 radical (unpaired) electrons. The molecule has 0 aliphatic carbocycles. The second-order valence-electron chi connectivity index (χ2n) is 7.65. The highest BCUT2D eigenvalue weighted by Crippen LogP contribution is 2.29. The number of nitrogens with zero attached hydrogens (tertiary/aromatic N) is 3. The number of aromatic amines is 1. The van der Waals surface area contributed by atoms with Gasteiger partial charge in [-0.1, -0.05) is 23.4 Å². The van der Waals surface area contributed by atoms with E-state index in [0.717, 1.165) is 34.9 Å². The molecule has 3 heterocycles. The van der Waals surface area contributed by atoms with E-state index in [-0.39, 0.29) is 17.6 Å². The number of likely N-dealkylation sites (tertiary alicyclic amines) is 1. The van der Waals surface area contributed by atoms with E-state index in [4.69, 9.17) is 4.52 Å². The molecule has 1 amide bonds. The minimum atomic E-state index is -0.299. The van der Waals surface area contributed by atoms with Crippen LogP contribution in [0.5, 0.6) is 0 Å². The summed E-state index contributed by atoms with van der Waals surface area (Å²) in [6.45, 7) is 1.33. The Balaban J connectivity index is 1.21. The van der Waals surface area contributed by atoms with E-state index in [1.807, 2.05) is 35.4 Å². The number of carbonyl (C=O) groups is 1. The maximum Gasteiger partial charge on any atom is 0.230 e. The Bertz CT molecular complexity index is 1170. The lowest BCUT2D eigenvalue weighted by Gasteiger charge is -2.30. The standard InChI is InChI=1S/C23H21FN4O2/c24-18-7-5-15(6-8-18)22-26-23(30-27-22)16-9-11-28(12-10-16)21(29)13-17-14-25-20-4-2-1-3-19(17)20/h1-8,14,16,25H,9-13H2. The number of amides is 1. The van der Waals surface area contributed by atoms with E-state index in [2.05, 4.69) is 15.1 Å². The van der Waals surface area contributed by atoms with Gasteiger partial charge < -0.3 is 14.4 Å². The van der Waals surface area contributed by atoms with Crippen molar-refractivity contribution in [2.24, 2.45) is 0 Å². The molecule has 1 fully saturated rings. The topological polar surface area (TPSA) is 75.0 Å². The molecule has 2 aromatic heterocycles. The predicted octanol–water partition coefficient (Wildman–Crippen LogP) is 4.31. The summed E-state index contributed by atoms with van der Waals surface area (Å²) in [7, 11) is 0. The van der Waals surface area contributed by atoms with Gasteiger partial charge in [-0.3, -0.25) is 4.79 Å². The third-order valence-electron chi connectivity index (χ3n) is 5.76. The second-order valence-corrected chi connectivity index (χ2v) is 7.65. The molecule has 0 spiro atoms. The molecule has 0 unspecified atom stereocenters. The number of piperidine rings is 1. The number of nitrogens with one attached hydrogen (secondary N) is 1. The number of fused-ring (bicyclic) bond motifs is 1.